The summed E-state index contributed by atoms with van der Waals surface area (Å²) in [6, 6.07) is 15.2. The number of benzene rings is 1. The highest BCUT2D eigenvalue weighted by Crippen LogP contribution is 2.26. The van der Waals surface area contributed by atoms with Gasteiger partial charge in [-0.05, 0) is 44.0 Å². The van der Waals surface area contributed by atoms with E-state index in [2.05, 4.69) is 26.7 Å². The first-order valence-electron chi connectivity index (χ1n) is 12.5. The third-order valence-corrected chi connectivity index (χ3v) is 6.38. The van der Waals surface area contributed by atoms with Gasteiger partial charge in [-0.25, -0.2) is 24.4 Å². The summed E-state index contributed by atoms with van der Waals surface area (Å²) in [5, 5.41) is 21.4. The van der Waals surface area contributed by atoms with Gasteiger partial charge < -0.3 is 20.1 Å². The normalized spacial score (nSPS) is 15.1. The van der Waals surface area contributed by atoms with E-state index >= 15 is 0 Å². The van der Waals surface area contributed by atoms with Crippen LogP contribution < -0.4 is 10.2 Å². The van der Waals surface area contributed by atoms with E-state index in [4.69, 9.17) is 14.7 Å². The van der Waals surface area contributed by atoms with Crippen LogP contribution in [0.1, 0.15) is 24.1 Å². The number of rotatable bonds is 10. The van der Waals surface area contributed by atoms with Crippen LogP contribution in [0.4, 0.5) is 11.8 Å². The third kappa shape index (κ3) is 5.78. The van der Waals surface area contributed by atoms with Gasteiger partial charge in [0.1, 0.15) is 17.6 Å². The van der Waals surface area contributed by atoms with Crippen molar-refractivity contribution in [3.05, 3.63) is 66.0 Å². The number of hydrogen-bond acceptors (Lipinski definition) is 9. The maximum atomic E-state index is 11.6. The lowest BCUT2D eigenvalue weighted by Crippen LogP contribution is -2.36. The number of aromatic nitrogens is 6. The molecule has 1 aliphatic heterocycles. The lowest BCUT2D eigenvalue weighted by molar-refractivity contribution is -0.138. The maximum absolute atomic E-state index is 11.6. The number of carboxylic acid groups (broad SMARTS) is 1. The van der Waals surface area contributed by atoms with Gasteiger partial charge in [-0.3, -0.25) is 0 Å². The van der Waals surface area contributed by atoms with Crippen molar-refractivity contribution in [3.63, 3.8) is 0 Å². The van der Waals surface area contributed by atoms with E-state index in [-0.39, 0.29) is 0 Å². The van der Waals surface area contributed by atoms with Crippen molar-refractivity contribution in [3.8, 4) is 22.6 Å². The van der Waals surface area contributed by atoms with E-state index in [0.29, 0.717) is 55.8 Å². The fourth-order valence-corrected chi connectivity index (χ4v) is 4.55. The number of pyridine rings is 1. The molecular formula is C27H30N8O3. The van der Waals surface area contributed by atoms with Crippen LogP contribution in [0.2, 0.25) is 0 Å². The van der Waals surface area contributed by atoms with Crippen molar-refractivity contribution < 1.29 is 14.6 Å². The lowest BCUT2D eigenvalue weighted by atomic mass is 10.1. The summed E-state index contributed by atoms with van der Waals surface area (Å²) < 4.78 is 6.85. The minimum Gasteiger partial charge on any atom is -0.480 e. The molecule has 4 heterocycles. The molecule has 11 nitrogen and oxygen atoms in total. The molecule has 4 aromatic rings. The number of anilines is 2. The van der Waals surface area contributed by atoms with Crippen LogP contribution in [0.5, 0.6) is 0 Å². The second kappa shape index (κ2) is 11.3. The minimum atomic E-state index is -0.818. The van der Waals surface area contributed by atoms with Crippen molar-refractivity contribution in [1.29, 1.82) is 0 Å². The van der Waals surface area contributed by atoms with Gasteiger partial charge in [0.15, 0.2) is 0 Å². The van der Waals surface area contributed by atoms with Crippen LogP contribution in [-0.4, -0.2) is 73.9 Å². The number of aliphatic carboxylic acids is 1. The molecular weight excluding hydrogens is 484 g/mol. The van der Waals surface area contributed by atoms with Crippen molar-refractivity contribution in [1.82, 2.24) is 29.9 Å². The van der Waals surface area contributed by atoms with Crippen LogP contribution in [0, 0.1) is 6.92 Å². The molecule has 1 saturated heterocycles. The molecule has 0 saturated carbocycles. The Labute approximate surface area is 220 Å². The first-order chi connectivity index (χ1) is 18.5. The average molecular weight is 515 g/mol. The predicted octanol–water partition coefficient (Wildman–Crippen LogP) is 3.27. The molecule has 0 aliphatic carbocycles. The van der Waals surface area contributed by atoms with Crippen LogP contribution in [0.15, 0.2) is 54.7 Å². The van der Waals surface area contributed by atoms with E-state index < -0.39 is 12.0 Å². The number of carboxylic acids is 1. The Morgan fingerprint density at radius 3 is 2.76 bits per heavy atom. The summed E-state index contributed by atoms with van der Waals surface area (Å²) in [4.78, 5) is 27.5. The molecule has 38 heavy (non-hydrogen) atoms. The van der Waals surface area contributed by atoms with Gasteiger partial charge in [0, 0.05) is 25.8 Å². The highest BCUT2D eigenvalue weighted by molar-refractivity contribution is 5.78. The quantitative estimate of drug-likeness (QED) is 0.304. The first-order valence-corrected chi connectivity index (χ1v) is 12.5. The van der Waals surface area contributed by atoms with E-state index in [1.807, 2.05) is 60.5 Å². The van der Waals surface area contributed by atoms with Gasteiger partial charge in [-0.15, -0.1) is 5.10 Å². The van der Waals surface area contributed by atoms with Gasteiger partial charge in [0.25, 0.3) is 0 Å². The van der Waals surface area contributed by atoms with E-state index in [9.17, 15) is 9.90 Å². The molecule has 11 heteroatoms. The molecule has 2 N–H and O–H groups in total. The van der Waals surface area contributed by atoms with Crippen LogP contribution in [0.25, 0.3) is 22.6 Å². The monoisotopic (exact) mass is 514 g/mol. The van der Waals surface area contributed by atoms with E-state index in [0.717, 1.165) is 28.9 Å². The summed E-state index contributed by atoms with van der Waals surface area (Å²) >= 11 is 0. The summed E-state index contributed by atoms with van der Waals surface area (Å²) in [7, 11) is 1.65. The van der Waals surface area contributed by atoms with E-state index in [1.54, 1.807) is 11.8 Å². The topological polar surface area (TPSA) is 131 Å². The Morgan fingerprint density at radius 2 is 1.95 bits per heavy atom. The fraction of sp³-hybridized carbons (Fsp3) is 0.333. The smallest absolute Gasteiger partial charge is 0.326 e. The zero-order valence-electron chi connectivity index (χ0n) is 21.4. The lowest BCUT2D eigenvalue weighted by Gasteiger charge is -2.22. The van der Waals surface area contributed by atoms with Crippen molar-refractivity contribution in [2.45, 2.75) is 32.4 Å². The van der Waals surface area contributed by atoms with Gasteiger partial charge >= 0.3 is 5.97 Å². The summed E-state index contributed by atoms with van der Waals surface area (Å²) in [5.74, 6) is 0.332. The molecule has 1 atom stereocenters. The van der Waals surface area contributed by atoms with Crippen molar-refractivity contribution >= 4 is 17.7 Å². The van der Waals surface area contributed by atoms with Crippen LogP contribution in [0.3, 0.4) is 0 Å². The zero-order chi connectivity index (χ0) is 26.5. The molecule has 0 amide bonds. The first kappa shape index (κ1) is 25.3. The zero-order valence-corrected chi connectivity index (χ0v) is 21.4. The number of nitrogens with one attached hydrogen (secondary N) is 1. The van der Waals surface area contributed by atoms with Gasteiger partial charge in [-0.2, -0.15) is 0 Å². The number of methoxy groups -OCH3 is 1. The van der Waals surface area contributed by atoms with Gasteiger partial charge in [0.05, 0.1) is 36.4 Å². The molecule has 3 aromatic heterocycles. The number of hydrogen-bond donors (Lipinski definition) is 2. The molecule has 0 unspecified atom stereocenters. The average Bonchev–Trinajstić information content (AvgIpc) is 3.59. The highest BCUT2D eigenvalue weighted by atomic mass is 16.5. The Hall–Kier alpha value is -4.38. The largest absolute Gasteiger partial charge is 0.480 e. The summed E-state index contributed by atoms with van der Waals surface area (Å²) in [5.41, 5.74) is 4.92. The second-order valence-electron chi connectivity index (χ2n) is 9.23. The Morgan fingerprint density at radius 1 is 1.11 bits per heavy atom. The third-order valence-electron chi connectivity index (χ3n) is 6.38. The molecule has 196 valence electrons. The SMILES string of the molecule is COCCNc1nc(-c2cccc(C)c2)cc(-c2cn(Cc3cccc(N4CCC[C@H]4C(=O)O)n3)nn2)n1. The summed E-state index contributed by atoms with van der Waals surface area (Å²) in [6.45, 7) is 4.21. The van der Waals surface area contributed by atoms with Crippen LogP contribution in [-0.2, 0) is 16.1 Å². The Kier molecular flexibility index (Phi) is 7.55. The molecule has 1 fully saturated rings. The molecule has 0 bridgehead atoms. The minimum absolute atomic E-state index is 0.390. The highest BCUT2D eigenvalue weighted by Gasteiger charge is 2.31. The van der Waals surface area contributed by atoms with Crippen molar-refractivity contribution in [2.24, 2.45) is 0 Å². The fourth-order valence-electron chi connectivity index (χ4n) is 4.55. The second-order valence-corrected chi connectivity index (χ2v) is 9.23. The standard InChI is InChI=1S/C27H30N8O3/c1-18-6-3-7-19(14-18)21-15-22(31-27(30-21)28-11-13-38-2)23-17-34(33-32-23)16-20-8-4-10-25(29-20)35-12-5-9-24(35)26(36)37/h3-4,6-8,10,14-15,17,24H,5,9,11-13,16H2,1-2H3,(H,36,37)(H,28,30,31)/t24-/m0/s1. The number of ether oxygens (including phenoxy) is 1. The van der Waals surface area contributed by atoms with Crippen molar-refractivity contribution in [2.75, 3.05) is 37.0 Å². The molecule has 5 rings (SSSR count). The number of aryl methyl sites for hydroxylation is 1. The number of nitrogens with zero attached hydrogens (tertiary/aromatic N) is 7. The van der Waals surface area contributed by atoms with Gasteiger partial charge in [-0.1, -0.05) is 35.0 Å². The van der Waals surface area contributed by atoms with Crippen LogP contribution >= 0.6 is 0 Å². The maximum Gasteiger partial charge on any atom is 0.326 e. The van der Waals surface area contributed by atoms with E-state index in [1.165, 1.54) is 0 Å². The molecule has 1 aliphatic rings. The Balaban J connectivity index is 1.39. The molecule has 0 spiro atoms. The summed E-state index contributed by atoms with van der Waals surface area (Å²) in [6.07, 6.45) is 3.28. The van der Waals surface area contributed by atoms with Gasteiger partial charge in [0.2, 0.25) is 5.95 Å². The number of carbonyl (C=O) groups is 1. The molecule has 0 radical (unpaired) electrons. The predicted molar refractivity (Wildman–Crippen MR) is 143 cm³/mol. The molecule has 1 aromatic carbocycles. The Bertz CT molecular complexity index is 1420.